The summed E-state index contributed by atoms with van der Waals surface area (Å²) in [6.07, 6.45) is -1.25. The number of hydrogen-bond acceptors (Lipinski definition) is 5. The van der Waals surface area contributed by atoms with Crippen LogP contribution in [0.25, 0.3) is 0 Å². The monoisotopic (exact) mass is 266 g/mol. The molecule has 0 spiro atoms. The predicted octanol–water partition coefficient (Wildman–Crippen LogP) is 0.283. The summed E-state index contributed by atoms with van der Waals surface area (Å²) in [5.41, 5.74) is 0.553. The lowest BCUT2D eigenvalue weighted by Gasteiger charge is -2.22. The van der Waals surface area contributed by atoms with Crippen molar-refractivity contribution in [1.82, 2.24) is 14.9 Å². The van der Waals surface area contributed by atoms with Gasteiger partial charge in [-0.05, 0) is 0 Å². The second-order valence-corrected chi connectivity index (χ2v) is 5.60. The molecule has 0 radical (unpaired) electrons. The average Bonchev–Trinajstić information content (AvgIpc) is 2.53. The van der Waals surface area contributed by atoms with Crippen LogP contribution in [0, 0.1) is 0 Å². The molecule has 1 aromatic rings. The van der Waals surface area contributed by atoms with Gasteiger partial charge < -0.3 is 10.2 Å². The van der Waals surface area contributed by atoms with Crippen molar-refractivity contribution in [3.05, 3.63) is 18.1 Å². The van der Waals surface area contributed by atoms with Crippen molar-refractivity contribution in [2.24, 2.45) is 0 Å². The third-order valence-electron chi connectivity index (χ3n) is 3.10. The minimum atomic E-state index is -1.33. The molecule has 7 nitrogen and oxygen atoms in total. The maximum atomic E-state index is 12.0. The molecule has 2 unspecified atom stereocenters. The van der Waals surface area contributed by atoms with E-state index in [9.17, 15) is 15.0 Å². The van der Waals surface area contributed by atoms with E-state index in [1.807, 2.05) is 20.8 Å². The molecule has 2 heterocycles. The molecule has 0 saturated carbocycles. The number of carbonyl (C=O) groups is 1. The van der Waals surface area contributed by atoms with E-state index in [2.05, 4.69) is 9.97 Å². The van der Waals surface area contributed by atoms with Crippen LogP contribution in [0.4, 0.5) is 10.6 Å². The summed E-state index contributed by atoms with van der Waals surface area (Å²) in [6, 6.07) is 1.14. The summed E-state index contributed by atoms with van der Waals surface area (Å²) in [4.78, 5) is 22.2. The predicted molar refractivity (Wildman–Crippen MR) is 68.4 cm³/mol. The molecule has 0 aliphatic carbocycles. The Balaban J connectivity index is 2.40. The lowest BCUT2D eigenvalue weighted by atomic mass is 9.92. The fourth-order valence-electron chi connectivity index (χ4n) is 1.85. The van der Waals surface area contributed by atoms with E-state index < -0.39 is 18.5 Å². The zero-order valence-electron chi connectivity index (χ0n) is 11.4. The molecule has 1 aromatic heterocycles. The van der Waals surface area contributed by atoms with Gasteiger partial charge in [0.15, 0.2) is 12.5 Å². The highest BCUT2D eigenvalue weighted by molar-refractivity contribution is 5.93. The number of aliphatic hydroxyl groups is 2. The van der Waals surface area contributed by atoms with Gasteiger partial charge in [-0.2, -0.15) is 0 Å². The molecule has 2 amide bonds. The maximum absolute atomic E-state index is 12.0. The topological polar surface area (TPSA) is 89.8 Å². The summed E-state index contributed by atoms with van der Waals surface area (Å²) in [5, 5.41) is 19.6. The highest BCUT2D eigenvalue weighted by Gasteiger charge is 2.43. The van der Waals surface area contributed by atoms with Gasteiger partial charge in [0.25, 0.3) is 0 Å². The molecular weight excluding hydrogens is 248 g/mol. The second kappa shape index (κ2) is 4.43. The van der Waals surface area contributed by atoms with Crippen molar-refractivity contribution in [2.75, 3.05) is 11.9 Å². The molecule has 19 heavy (non-hydrogen) atoms. The molecule has 7 heteroatoms. The summed E-state index contributed by atoms with van der Waals surface area (Å²) in [7, 11) is 1.42. The van der Waals surface area contributed by atoms with Gasteiger partial charge in [-0.25, -0.2) is 19.7 Å². The maximum Gasteiger partial charge on any atom is 0.329 e. The third kappa shape index (κ3) is 2.26. The van der Waals surface area contributed by atoms with E-state index in [1.165, 1.54) is 13.4 Å². The molecule has 1 aliphatic rings. The summed E-state index contributed by atoms with van der Waals surface area (Å²) < 4.78 is 0. The first kappa shape index (κ1) is 13.7. The van der Waals surface area contributed by atoms with E-state index in [0.29, 0.717) is 0 Å². The number of rotatable bonds is 1. The lowest BCUT2D eigenvalue weighted by Crippen LogP contribution is -2.37. The van der Waals surface area contributed by atoms with Gasteiger partial charge in [0.1, 0.15) is 12.1 Å². The number of nitrogens with zero attached hydrogens (tertiary/aromatic N) is 4. The van der Waals surface area contributed by atoms with Crippen molar-refractivity contribution in [3.63, 3.8) is 0 Å². The van der Waals surface area contributed by atoms with Crippen molar-refractivity contribution < 1.29 is 15.0 Å². The Morgan fingerprint density at radius 3 is 2.32 bits per heavy atom. The molecule has 1 fully saturated rings. The highest BCUT2D eigenvalue weighted by Crippen LogP contribution is 2.27. The Hall–Kier alpha value is -1.73. The molecule has 104 valence electrons. The Kier molecular flexibility index (Phi) is 3.19. The van der Waals surface area contributed by atoms with E-state index in [0.717, 1.165) is 15.5 Å². The first-order valence-corrected chi connectivity index (χ1v) is 5.98. The van der Waals surface area contributed by atoms with Gasteiger partial charge >= 0.3 is 6.03 Å². The van der Waals surface area contributed by atoms with Crippen molar-refractivity contribution >= 4 is 11.8 Å². The first-order chi connectivity index (χ1) is 8.73. The molecule has 0 bridgehead atoms. The van der Waals surface area contributed by atoms with Crippen LogP contribution in [0.5, 0.6) is 0 Å². The Morgan fingerprint density at radius 2 is 1.84 bits per heavy atom. The van der Waals surface area contributed by atoms with E-state index in [4.69, 9.17) is 0 Å². The molecule has 1 saturated heterocycles. The summed E-state index contributed by atoms with van der Waals surface area (Å²) in [5.74, 6) is 0.279. The van der Waals surface area contributed by atoms with Crippen LogP contribution in [0.3, 0.4) is 0 Å². The normalized spacial score (nSPS) is 24.2. The summed E-state index contributed by atoms with van der Waals surface area (Å²) >= 11 is 0. The molecule has 1 aliphatic heterocycles. The number of urea groups is 1. The SMILES string of the molecule is CN1C(=O)N(c2cc(C(C)(C)C)ncn2)C(O)C1O. The van der Waals surface area contributed by atoms with E-state index in [1.54, 1.807) is 6.07 Å². The summed E-state index contributed by atoms with van der Waals surface area (Å²) in [6.45, 7) is 5.97. The fraction of sp³-hybridized carbons (Fsp3) is 0.583. The van der Waals surface area contributed by atoms with Crippen LogP contribution in [-0.4, -0.2) is 50.6 Å². The Labute approximate surface area is 111 Å². The van der Waals surface area contributed by atoms with Gasteiger partial charge in [0, 0.05) is 18.5 Å². The van der Waals surface area contributed by atoms with E-state index >= 15 is 0 Å². The average molecular weight is 266 g/mol. The molecule has 0 aromatic carbocycles. The van der Waals surface area contributed by atoms with Crippen LogP contribution in [-0.2, 0) is 5.41 Å². The highest BCUT2D eigenvalue weighted by atomic mass is 16.4. The van der Waals surface area contributed by atoms with Gasteiger partial charge in [-0.3, -0.25) is 4.90 Å². The minimum Gasteiger partial charge on any atom is -0.369 e. The standard InChI is InChI=1S/C12H18N4O3/c1-12(2,3)7-5-8(14-6-13-7)16-10(18)9(17)15(4)11(16)19/h5-6,9-10,17-18H,1-4H3. The zero-order valence-corrected chi connectivity index (χ0v) is 11.4. The first-order valence-electron chi connectivity index (χ1n) is 5.98. The number of amides is 2. The van der Waals surface area contributed by atoms with Crippen molar-refractivity contribution in [2.45, 2.75) is 38.6 Å². The molecule has 2 N–H and O–H groups in total. The van der Waals surface area contributed by atoms with Crippen molar-refractivity contribution in [3.8, 4) is 0 Å². The van der Waals surface area contributed by atoms with Gasteiger partial charge in [-0.15, -0.1) is 0 Å². The number of aromatic nitrogens is 2. The lowest BCUT2D eigenvalue weighted by molar-refractivity contribution is -0.0183. The quantitative estimate of drug-likeness (QED) is 0.762. The van der Waals surface area contributed by atoms with Crippen molar-refractivity contribution in [1.29, 1.82) is 0 Å². The van der Waals surface area contributed by atoms with Crippen LogP contribution in [0.2, 0.25) is 0 Å². The Bertz CT molecular complexity index is 500. The minimum absolute atomic E-state index is 0.198. The van der Waals surface area contributed by atoms with Crippen LogP contribution < -0.4 is 4.90 Å². The number of likely N-dealkylation sites (N-methyl/N-ethyl adjacent to an activating group) is 1. The molecular formula is C12H18N4O3. The molecule has 2 rings (SSSR count). The number of carbonyl (C=O) groups excluding carboxylic acids is 1. The fourth-order valence-corrected chi connectivity index (χ4v) is 1.85. The van der Waals surface area contributed by atoms with Gasteiger partial charge in [-0.1, -0.05) is 20.8 Å². The van der Waals surface area contributed by atoms with Gasteiger partial charge in [0.05, 0.1) is 5.69 Å². The van der Waals surface area contributed by atoms with Crippen LogP contribution >= 0.6 is 0 Å². The smallest absolute Gasteiger partial charge is 0.329 e. The number of aliphatic hydroxyl groups excluding tert-OH is 2. The van der Waals surface area contributed by atoms with E-state index in [-0.39, 0.29) is 11.2 Å². The third-order valence-corrected chi connectivity index (χ3v) is 3.10. The zero-order chi connectivity index (χ0) is 14.4. The van der Waals surface area contributed by atoms with Crippen LogP contribution in [0.1, 0.15) is 26.5 Å². The van der Waals surface area contributed by atoms with Gasteiger partial charge in [0.2, 0.25) is 0 Å². The van der Waals surface area contributed by atoms with Crippen LogP contribution in [0.15, 0.2) is 12.4 Å². The number of hydrogen-bond donors (Lipinski definition) is 2. The number of anilines is 1. The molecule has 2 atom stereocenters. The largest absolute Gasteiger partial charge is 0.369 e. The Morgan fingerprint density at radius 1 is 1.21 bits per heavy atom. The second-order valence-electron chi connectivity index (χ2n) is 5.60.